The number of carbonyl (C=O) groups is 3. The SMILES string of the molecule is CCC(C)C1CC(=O)N(CCC(=O)C(C)C)C1=O. The lowest BCUT2D eigenvalue weighted by Gasteiger charge is -2.17. The fourth-order valence-electron chi connectivity index (χ4n) is 2.18. The second-order valence-corrected chi connectivity index (χ2v) is 5.45. The lowest BCUT2D eigenvalue weighted by atomic mass is 9.90. The number of imide groups is 1. The van der Waals surface area contributed by atoms with Crippen LogP contribution in [0.2, 0.25) is 0 Å². The van der Waals surface area contributed by atoms with Crippen molar-refractivity contribution in [2.75, 3.05) is 6.54 Å². The first-order valence-electron chi connectivity index (χ1n) is 6.75. The van der Waals surface area contributed by atoms with Crippen molar-refractivity contribution in [3.63, 3.8) is 0 Å². The van der Waals surface area contributed by atoms with E-state index in [1.165, 1.54) is 4.90 Å². The van der Waals surface area contributed by atoms with Gasteiger partial charge in [-0.1, -0.05) is 34.1 Å². The van der Waals surface area contributed by atoms with Crippen LogP contribution in [-0.2, 0) is 14.4 Å². The summed E-state index contributed by atoms with van der Waals surface area (Å²) in [4.78, 5) is 36.7. The van der Waals surface area contributed by atoms with E-state index in [4.69, 9.17) is 0 Å². The molecule has 4 heteroatoms. The number of ketones is 1. The Balaban J connectivity index is 2.60. The predicted octanol–water partition coefficient (Wildman–Crippen LogP) is 2.02. The van der Waals surface area contributed by atoms with Gasteiger partial charge in [-0.25, -0.2) is 0 Å². The Morgan fingerprint density at radius 2 is 1.94 bits per heavy atom. The van der Waals surface area contributed by atoms with E-state index >= 15 is 0 Å². The van der Waals surface area contributed by atoms with E-state index in [1.54, 1.807) is 0 Å². The Morgan fingerprint density at radius 3 is 2.44 bits per heavy atom. The number of Topliss-reactive ketones (excluding diaryl/α,β-unsaturated/α-hetero) is 1. The summed E-state index contributed by atoms with van der Waals surface area (Å²) in [5.74, 6) is -0.109. The normalized spacial score (nSPS) is 21.8. The van der Waals surface area contributed by atoms with Gasteiger partial charge in [-0.3, -0.25) is 19.3 Å². The summed E-state index contributed by atoms with van der Waals surface area (Å²) < 4.78 is 0. The first-order valence-corrected chi connectivity index (χ1v) is 6.75. The van der Waals surface area contributed by atoms with Crippen LogP contribution < -0.4 is 0 Å². The fourth-order valence-corrected chi connectivity index (χ4v) is 2.18. The van der Waals surface area contributed by atoms with Crippen molar-refractivity contribution in [2.24, 2.45) is 17.8 Å². The molecule has 1 rings (SSSR count). The van der Waals surface area contributed by atoms with Gasteiger partial charge in [-0.2, -0.15) is 0 Å². The third-order valence-corrected chi connectivity index (χ3v) is 3.84. The number of carbonyl (C=O) groups excluding carboxylic acids is 3. The van der Waals surface area contributed by atoms with E-state index in [0.29, 0.717) is 6.42 Å². The molecule has 0 spiro atoms. The highest BCUT2D eigenvalue weighted by molar-refractivity contribution is 6.03. The summed E-state index contributed by atoms with van der Waals surface area (Å²) in [6, 6.07) is 0. The zero-order chi connectivity index (χ0) is 13.9. The smallest absolute Gasteiger partial charge is 0.233 e. The first-order chi connectivity index (χ1) is 8.38. The second-order valence-electron chi connectivity index (χ2n) is 5.45. The largest absolute Gasteiger partial charge is 0.299 e. The van der Waals surface area contributed by atoms with Crippen molar-refractivity contribution in [1.29, 1.82) is 0 Å². The summed E-state index contributed by atoms with van der Waals surface area (Å²) in [5.41, 5.74) is 0. The van der Waals surface area contributed by atoms with Crippen LogP contribution in [0.3, 0.4) is 0 Å². The molecular formula is C14H23NO3. The average molecular weight is 253 g/mol. The van der Waals surface area contributed by atoms with Crippen molar-refractivity contribution in [3.8, 4) is 0 Å². The maximum atomic E-state index is 12.1. The van der Waals surface area contributed by atoms with Crippen molar-refractivity contribution in [2.45, 2.75) is 47.0 Å². The molecule has 1 fully saturated rings. The molecular weight excluding hydrogens is 230 g/mol. The van der Waals surface area contributed by atoms with Gasteiger partial charge < -0.3 is 0 Å². The van der Waals surface area contributed by atoms with E-state index in [0.717, 1.165) is 6.42 Å². The van der Waals surface area contributed by atoms with Gasteiger partial charge in [-0.05, 0) is 5.92 Å². The molecule has 0 bridgehead atoms. The minimum atomic E-state index is -0.184. The number of amides is 2. The molecule has 18 heavy (non-hydrogen) atoms. The van der Waals surface area contributed by atoms with Gasteiger partial charge in [0.05, 0.1) is 0 Å². The van der Waals surface area contributed by atoms with Gasteiger partial charge in [0, 0.05) is 31.2 Å². The van der Waals surface area contributed by atoms with Gasteiger partial charge in [-0.15, -0.1) is 0 Å². The Labute approximate surface area is 109 Å². The van der Waals surface area contributed by atoms with E-state index in [2.05, 4.69) is 0 Å². The summed E-state index contributed by atoms with van der Waals surface area (Å²) >= 11 is 0. The van der Waals surface area contributed by atoms with Crippen LogP contribution in [0.4, 0.5) is 0 Å². The Bertz CT molecular complexity index is 349. The lowest BCUT2D eigenvalue weighted by Crippen LogP contribution is -2.34. The zero-order valence-corrected chi connectivity index (χ0v) is 11.7. The molecule has 2 unspecified atom stereocenters. The third kappa shape index (κ3) is 3.18. The van der Waals surface area contributed by atoms with E-state index < -0.39 is 0 Å². The predicted molar refractivity (Wildman–Crippen MR) is 68.7 cm³/mol. The van der Waals surface area contributed by atoms with E-state index in [-0.39, 0.29) is 48.3 Å². The standard InChI is InChI=1S/C14H23NO3/c1-5-10(4)11-8-13(17)15(14(11)18)7-6-12(16)9(2)3/h9-11H,5-8H2,1-4H3. The highest BCUT2D eigenvalue weighted by atomic mass is 16.2. The molecule has 102 valence electrons. The molecule has 0 aromatic heterocycles. The highest BCUT2D eigenvalue weighted by Crippen LogP contribution is 2.28. The van der Waals surface area contributed by atoms with Gasteiger partial charge in [0.1, 0.15) is 5.78 Å². The topological polar surface area (TPSA) is 54.5 Å². The van der Waals surface area contributed by atoms with E-state index in [9.17, 15) is 14.4 Å². The molecule has 0 saturated carbocycles. The molecule has 0 radical (unpaired) electrons. The van der Waals surface area contributed by atoms with Crippen LogP contribution in [0.25, 0.3) is 0 Å². The molecule has 0 N–H and O–H groups in total. The van der Waals surface area contributed by atoms with Crippen LogP contribution >= 0.6 is 0 Å². The van der Waals surface area contributed by atoms with Crippen LogP contribution in [0.1, 0.15) is 47.0 Å². The van der Waals surface area contributed by atoms with Gasteiger partial charge in [0.25, 0.3) is 0 Å². The number of rotatable bonds is 6. The molecule has 0 aromatic rings. The molecule has 4 nitrogen and oxygen atoms in total. The fraction of sp³-hybridized carbons (Fsp3) is 0.786. The molecule has 2 amide bonds. The van der Waals surface area contributed by atoms with Crippen LogP contribution in [0.5, 0.6) is 0 Å². The molecule has 1 aliphatic rings. The number of hydrogen-bond acceptors (Lipinski definition) is 3. The molecule has 1 aliphatic heterocycles. The number of nitrogens with zero attached hydrogens (tertiary/aromatic N) is 1. The van der Waals surface area contributed by atoms with Gasteiger partial charge in [0.15, 0.2) is 0 Å². The van der Waals surface area contributed by atoms with Gasteiger partial charge in [0.2, 0.25) is 11.8 Å². The monoisotopic (exact) mass is 253 g/mol. The number of likely N-dealkylation sites (tertiary alicyclic amines) is 1. The maximum Gasteiger partial charge on any atom is 0.233 e. The Kier molecular flexibility index (Phi) is 5.05. The molecule has 0 aromatic carbocycles. The third-order valence-electron chi connectivity index (χ3n) is 3.84. The lowest BCUT2D eigenvalue weighted by molar-refractivity contribution is -0.140. The van der Waals surface area contributed by atoms with Crippen molar-refractivity contribution >= 4 is 17.6 Å². The number of hydrogen-bond donors (Lipinski definition) is 0. The average Bonchev–Trinajstić information content (AvgIpc) is 2.61. The summed E-state index contributed by atoms with van der Waals surface area (Å²) in [6.45, 7) is 7.93. The molecule has 0 aliphatic carbocycles. The highest BCUT2D eigenvalue weighted by Gasteiger charge is 2.40. The molecule has 2 atom stereocenters. The van der Waals surface area contributed by atoms with Crippen molar-refractivity contribution < 1.29 is 14.4 Å². The van der Waals surface area contributed by atoms with Crippen molar-refractivity contribution in [3.05, 3.63) is 0 Å². The van der Waals surface area contributed by atoms with Gasteiger partial charge >= 0.3 is 0 Å². The first kappa shape index (κ1) is 14.9. The zero-order valence-electron chi connectivity index (χ0n) is 11.7. The Morgan fingerprint density at radius 1 is 1.33 bits per heavy atom. The minimum absolute atomic E-state index is 0.0387. The second kappa shape index (κ2) is 6.12. The van der Waals surface area contributed by atoms with Crippen molar-refractivity contribution in [1.82, 2.24) is 4.90 Å². The van der Waals surface area contributed by atoms with Crippen LogP contribution in [0, 0.1) is 17.8 Å². The van der Waals surface area contributed by atoms with Crippen LogP contribution in [0.15, 0.2) is 0 Å². The molecule has 1 saturated heterocycles. The molecule has 1 heterocycles. The minimum Gasteiger partial charge on any atom is -0.299 e. The summed E-state index contributed by atoms with van der Waals surface area (Å²) in [7, 11) is 0. The quantitative estimate of drug-likeness (QED) is 0.680. The van der Waals surface area contributed by atoms with Crippen LogP contribution in [-0.4, -0.2) is 29.0 Å². The summed E-state index contributed by atoms with van der Waals surface area (Å²) in [5, 5.41) is 0. The maximum absolute atomic E-state index is 12.1. The Hall–Kier alpha value is -1.19. The van der Waals surface area contributed by atoms with E-state index in [1.807, 2.05) is 27.7 Å². The summed E-state index contributed by atoms with van der Waals surface area (Å²) in [6.07, 6.45) is 1.48.